The normalized spacial score (nSPS) is 34.0. The van der Waals surface area contributed by atoms with Crippen molar-refractivity contribution >= 4 is 5.91 Å². The molecule has 2 aliphatic heterocycles. The van der Waals surface area contributed by atoms with Crippen LogP contribution in [0.1, 0.15) is 62.2 Å². The zero-order valence-corrected chi connectivity index (χ0v) is 19.9. The van der Waals surface area contributed by atoms with Crippen LogP contribution in [0, 0.1) is 11.8 Å². The summed E-state index contributed by atoms with van der Waals surface area (Å²) in [6.07, 6.45) is 5.70. The fourth-order valence-corrected chi connectivity index (χ4v) is 6.25. The first-order valence-corrected chi connectivity index (χ1v) is 12.9. The van der Waals surface area contributed by atoms with E-state index in [1.165, 1.54) is 5.56 Å². The Morgan fingerprint density at radius 1 is 1.00 bits per heavy atom. The number of hydrogen-bond donors (Lipinski definition) is 2. The number of amides is 1. The Morgan fingerprint density at radius 3 is 2.47 bits per heavy atom. The summed E-state index contributed by atoms with van der Waals surface area (Å²) in [5.41, 5.74) is 2.25. The van der Waals surface area contributed by atoms with E-state index in [9.17, 15) is 9.90 Å². The van der Waals surface area contributed by atoms with Gasteiger partial charge in [0, 0.05) is 30.9 Å². The molecule has 2 saturated heterocycles. The molecule has 1 aliphatic carbocycles. The molecule has 1 saturated carbocycles. The van der Waals surface area contributed by atoms with Gasteiger partial charge in [0.2, 0.25) is 5.91 Å². The summed E-state index contributed by atoms with van der Waals surface area (Å²) >= 11 is 0. The molecule has 5 rings (SSSR count). The van der Waals surface area contributed by atoms with Crippen LogP contribution in [0.5, 0.6) is 0 Å². The minimum atomic E-state index is -0.371. The van der Waals surface area contributed by atoms with Crippen molar-refractivity contribution in [3.63, 3.8) is 0 Å². The molecule has 2 heterocycles. The van der Waals surface area contributed by atoms with Crippen LogP contribution >= 0.6 is 0 Å². The molecule has 2 N–H and O–H groups in total. The summed E-state index contributed by atoms with van der Waals surface area (Å²) in [4.78, 5) is 12.9. The summed E-state index contributed by atoms with van der Waals surface area (Å²) in [5.74, 6) is 0.191. The van der Waals surface area contributed by atoms with Gasteiger partial charge in [0.05, 0.1) is 30.8 Å². The highest BCUT2D eigenvalue weighted by Crippen LogP contribution is 2.46. The maximum atomic E-state index is 12.9. The molecule has 6 atom stereocenters. The zero-order valence-electron chi connectivity index (χ0n) is 19.9. The minimum Gasteiger partial charge on any atom is -0.393 e. The molecule has 3 aliphatic rings. The third-order valence-electron chi connectivity index (χ3n) is 8.32. The molecule has 3 fully saturated rings. The van der Waals surface area contributed by atoms with Gasteiger partial charge in [-0.15, -0.1) is 0 Å². The molecule has 5 heteroatoms. The number of aliphatic hydroxyl groups is 1. The summed E-state index contributed by atoms with van der Waals surface area (Å²) < 4.78 is 12.2. The molecule has 0 unspecified atom stereocenters. The molecular formula is C29H37NO4. The van der Waals surface area contributed by atoms with Gasteiger partial charge in [-0.3, -0.25) is 4.79 Å². The van der Waals surface area contributed by atoms with Gasteiger partial charge < -0.3 is 19.9 Å². The van der Waals surface area contributed by atoms with Crippen molar-refractivity contribution in [2.45, 2.75) is 68.7 Å². The topological polar surface area (TPSA) is 67.8 Å². The Morgan fingerprint density at radius 2 is 1.74 bits per heavy atom. The van der Waals surface area contributed by atoms with E-state index in [2.05, 4.69) is 41.7 Å². The fraction of sp³-hybridized carbons (Fsp3) is 0.552. The van der Waals surface area contributed by atoms with Crippen LogP contribution in [0.4, 0.5) is 0 Å². The van der Waals surface area contributed by atoms with Crippen LogP contribution in [0.15, 0.2) is 60.7 Å². The predicted molar refractivity (Wildman–Crippen MR) is 131 cm³/mol. The number of carbonyl (C=O) groups excluding carboxylic acids is 1. The van der Waals surface area contributed by atoms with Crippen molar-refractivity contribution in [1.82, 2.24) is 5.32 Å². The van der Waals surface area contributed by atoms with Gasteiger partial charge in [0.25, 0.3) is 0 Å². The minimum absolute atomic E-state index is 0.0296. The van der Waals surface area contributed by atoms with Gasteiger partial charge in [-0.25, -0.2) is 0 Å². The first kappa shape index (κ1) is 23.5. The summed E-state index contributed by atoms with van der Waals surface area (Å²) in [6.45, 7) is 1.89. The van der Waals surface area contributed by atoms with Crippen LogP contribution < -0.4 is 5.32 Å². The van der Waals surface area contributed by atoms with E-state index in [1.54, 1.807) is 0 Å². The van der Waals surface area contributed by atoms with Gasteiger partial charge in [0.1, 0.15) is 0 Å². The smallest absolute Gasteiger partial charge is 0.225 e. The van der Waals surface area contributed by atoms with Crippen LogP contribution in [-0.2, 0) is 19.7 Å². The molecule has 0 spiro atoms. The molecule has 0 radical (unpaired) electrons. The van der Waals surface area contributed by atoms with Crippen molar-refractivity contribution in [1.29, 1.82) is 0 Å². The Bertz CT molecular complexity index is 930. The number of carbonyl (C=O) groups is 1. The van der Waals surface area contributed by atoms with Crippen molar-refractivity contribution in [2.24, 2.45) is 11.8 Å². The largest absolute Gasteiger partial charge is 0.393 e. The third-order valence-corrected chi connectivity index (χ3v) is 8.32. The molecule has 5 nitrogen and oxygen atoms in total. The average molecular weight is 464 g/mol. The van der Waals surface area contributed by atoms with Gasteiger partial charge in [-0.1, -0.05) is 60.7 Å². The fourth-order valence-electron chi connectivity index (χ4n) is 6.25. The van der Waals surface area contributed by atoms with Crippen molar-refractivity contribution in [2.75, 3.05) is 19.8 Å². The Balaban J connectivity index is 1.33. The lowest BCUT2D eigenvalue weighted by Crippen LogP contribution is -2.44. The molecule has 2 aromatic rings. The first-order chi connectivity index (χ1) is 16.6. The van der Waals surface area contributed by atoms with E-state index in [4.69, 9.17) is 9.47 Å². The van der Waals surface area contributed by atoms with Crippen molar-refractivity contribution < 1.29 is 19.4 Å². The van der Waals surface area contributed by atoms with E-state index in [0.717, 1.165) is 50.7 Å². The van der Waals surface area contributed by atoms with E-state index >= 15 is 0 Å². The van der Waals surface area contributed by atoms with Gasteiger partial charge >= 0.3 is 0 Å². The first-order valence-electron chi connectivity index (χ1n) is 12.9. The van der Waals surface area contributed by atoms with Crippen LogP contribution in [0.2, 0.25) is 0 Å². The van der Waals surface area contributed by atoms with Crippen molar-refractivity contribution in [3.8, 4) is 0 Å². The zero-order chi connectivity index (χ0) is 23.4. The van der Waals surface area contributed by atoms with E-state index < -0.39 is 0 Å². The molecule has 2 aromatic carbocycles. The van der Waals surface area contributed by atoms with Gasteiger partial charge in [-0.2, -0.15) is 0 Å². The SMILES string of the molecule is O=C(NC[C@]1(c2ccccc2)CC[C@H]2[C@H](CC1)O[C@H](c1ccccc1)C[C@@H]2O)[C@H]1CCCOC1. The number of benzene rings is 2. The van der Waals surface area contributed by atoms with Crippen LogP contribution in [-0.4, -0.2) is 43.0 Å². The molecule has 182 valence electrons. The molecule has 0 aromatic heterocycles. The maximum Gasteiger partial charge on any atom is 0.225 e. The third kappa shape index (κ3) is 5.07. The second-order valence-electron chi connectivity index (χ2n) is 10.4. The highest BCUT2D eigenvalue weighted by molar-refractivity contribution is 5.79. The van der Waals surface area contributed by atoms with Crippen LogP contribution in [0.25, 0.3) is 0 Å². The summed E-state index contributed by atoms with van der Waals surface area (Å²) in [6, 6.07) is 20.9. The molecule has 34 heavy (non-hydrogen) atoms. The number of nitrogens with one attached hydrogen (secondary N) is 1. The lowest BCUT2D eigenvalue weighted by atomic mass is 9.73. The van der Waals surface area contributed by atoms with Crippen LogP contribution in [0.3, 0.4) is 0 Å². The summed E-state index contributed by atoms with van der Waals surface area (Å²) in [5, 5.41) is 14.4. The van der Waals surface area contributed by atoms with E-state index in [0.29, 0.717) is 19.6 Å². The van der Waals surface area contributed by atoms with Gasteiger partial charge in [0.15, 0.2) is 0 Å². The number of fused-ring (bicyclic) bond motifs is 1. The number of ether oxygens (including phenoxy) is 2. The number of aliphatic hydroxyl groups excluding tert-OH is 1. The summed E-state index contributed by atoms with van der Waals surface area (Å²) in [7, 11) is 0. The second kappa shape index (κ2) is 10.6. The number of rotatable bonds is 5. The standard InChI is InChI=1S/C29H37NO4/c31-25-18-27(21-8-3-1-4-9-21)34-26-14-16-29(15-13-24(25)26,23-11-5-2-6-12-23)20-30-28(32)22-10-7-17-33-19-22/h1-6,8-9,11-12,22,24-27,31H,7,10,13-20H2,(H,30,32)/t22-,24+,25-,26-,27-,29-/m0/s1. The lowest BCUT2D eigenvalue weighted by Gasteiger charge is -2.39. The molecular weight excluding hydrogens is 426 g/mol. The molecule has 0 bridgehead atoms. The molecule has 1 amide bonds. The monoisotopic (exact) mass is 463 g/mol. The Hall–Kier alpha value is -2.21. The van der Waals surface area contributed by atoms with Crippen molar-refractivity contribution in [3.05, 3.63) is 71.8 Å². The Kier molecular flexibility index (Phi) is 7.33. The lowest BCUT2D eigenvalue weighted by molar-refractivity contribution is -0.139. The highest BCUT2D eigenvalue weighted by atomic mass is 16.5. The number of hydrogen-bond acceptors (Lipinski definition) is 4. The van der Waals surface area contributed by atoms with E-state index in [1.807, 2.05) is 24.3 Å². The van der Waals surface area contributed by atoms with Gasteiger partial charge in [-0.05, 0) is 49.7 Å². The Labute approximate surface area is 202 Å². The average Bonchev–Trinajstić information content (AvgIpc) is 3.10. The maximum absolute atomic E-state index is 12.9. The van der Waals surface area contributed by atoms with E-state index in [-0.39, 0.29) is 41.5 Å². The second-order valence-corrected chi connectivity index (χ2v) is 10.4. The highest BCUT2D eigenvalue weighted by Gasteiger charge is 2.44. The quantitative estimate of drug-likeness (QED) is 0.683. The predicted octanol–water partition coefficient (Wildman–Crippen LogP) is 4.55.